The number of aromatic nitrogens is 6. The molecular weight excluding hydrogens is 370 g/mol. The zero-order valence-electron chi connectivity index (χ0n) is 16.7. The highest BCUT2D eigenvalue weighted by molar-refractivity contribution is 5.94. The van der Waals surface area contributed by atoms with Crippen molar-refractivity contribution in [3.05, 3.63) is 41.4 Å². The number of pyridine rings is 1. The van der Waals surface area contributed by atoms with Crippen molar-refractivity contribution in [2.75, 3.05) is 13.1 Å². The Morgan fingerprint density at radius 3 is 2.76 bits per heavy atom. The maximum Gasteiger partial charge on any atom is 0.255 e. The number of amides is 1. The lowest BCUT2D eigenvalue weighted by molar-refractivity contribution is 0.0757. The zero-order chi connectivity index (χ0) is 20.1. The number of fused-ring (bicyclic) bond motifs is 2. The molecule has 1 amide bonds. The van der Waals surface area contributed by atoms with E-state index in [0.29, 0.717) is 49.0 Å². The summed E-state index contributed by atoms with van der Waals surface area (Å²) in [5.74, 6) is 2.89. The van der Waals surface area contributed by atoms with Gasteiger partial charge in [-0.1, -0.05) is 13.8 Å². The number of hydrogen-bond donors (Lipinski definition) is 1. The van der Waals surface area contributed by atoms with E-state index in [4.69, 9.17) is 0 Å². The molecule has 1 saturated carbocycles. The van der Waals surface area contributed by atoms with E-state index in [2.05, 4.69) is 20.3 Å². The van der Waals surface area contributed by atoms with Crippen molar-refractivity contribution in [3.8, 4) is 0 Å². The first-order valence-electron chi connectivity index (χ1n) is 10.3. The monoisotopic (exact) mass is 395 g/mol. The van der Waals surface area contributed by atoms with Gasteiger partial charge in [-0.15, -0.1) is 10.2 Å². The van der Waals surface area contributed by atoms with Crippen molar-refractivity contribution in [2.45, 2.75) is 51.7 Å². The van der Waals surface area contributed by atoms with E-state index in [9.17, 15) is 9.90 Å². The van der Waals surface area contributed by atoms with Gasteiger partial charge in [0.2, 0.25) is 0 Å². The first-order valence-corrected chi connectivity index (χ1v) is 10.3. The third-order valence-corrected chi connectivity index (χ3v) is 5.75. The molecule has 4 heterocycles. The molecule has 0 radical (unpaired) electrons. The standard InChI is InChI=1S/C20H25N7O2/c1-12(2)17(28)19-23-22-16-6-5-14(11-26(16)19)20(29)25-8-7-15-21-18(13-3-4-13)24-27(15)10-9-25/h5-6,11-13,17,28H,3-4,7-10H2,1-2H3. The van der Waals surface area contributed by atoms with Gasteiger partial charge < -0.3 is 10.0 Å². The maximum absolute atomic E-state index is 13.2. The maximum atomic E-state index is 13.2. The fraction of sp³-hybridized carbons (Fsp3) is 0.550. The van der Waals surface area contributed by atoms with Crippen LogP contribution in [0.15, 0.2) is 18.3 Å². The Labute approximate surface area is 168 Å². The van der Waals surface area contributed by atoms with Gasteiger partial charge in [0.1, 0.15) is 11.9 Å². The molecule has 9 nitrogen and oxygen atoms in total. The van der Waals surface area contributed by atoms with Crippen LogP contribution in [-0.4, -0.2) is 58.4 Å². The zero-order valence-corrected chi connectivity index (χ0v) is 16.7. The Kier molecular flexibility index (Phi) is 4.34. The summed E-state index contributed by atoms with van der Waals surface area (Å²) in [4.78, 5) is 19.7. The molecule has 5 rings (SSSR count). The van der Waals surface area contributed by atoms with Crippen LogP contribution in [0.25, 0.3) is 5.65 Å². The lowest BCUT2D eigenvalue weighted by atomic mass is 10.1. The largest absolute Gasteiger partial charge is 0.385 e. The number of rotatable bonds is 4. The molecule has 0 spiro atoms. The van der Waals surface area contributed by atoms with Crippen LogP contribution in [0.5, 0.6) is 0 Å². The van der Waals surface area contributed by atoms with Gasteiger partial charge in [-0.3, -0.25) is 9.20 Å². The molecule has 1 aliphatic carbocycles. The summed E-state index contributed by atoms with van der Waals surface area (Å²) in [7, 11) is 0. The van der Waals surface area contributed by atoms with E-state index >= 15 is 0 Å². The molecule has 3 aromatic heterocycles. The molecule has 9 heteroatoms. The molecule has 0 saturated heterocycles. The van der Waals surface area contributed by atoms with Crippen molar-refractivity contribution >= 4 is 11.6 Å². The van der Waals surface area contributed by atoms with Gasteiger partial charge in [-0.2, -0.15) is 5.10 Å². The molecule has 29 heavy (non-hydrogen) atoms. The molecular formula is C20H25N7O2. The minimum atomic E-state index is -0.739. The van der Waals surface area contributed by atoms with Crippen LogP contribution >= 0.6 is 0 Å². The summed E-state index contributed by atoms with van der Waals surface area (Å²) in [6, 6.07) is 3.54. The normalized spacial score (nSPS) is 18.1. The average Bonchev–Trinajstić information content (AvgIpc) is 3.41. The number of carbonyl (C=O) groups excluding carboxylic acids is 1. The van der Waals surface area contributed by atoms with Crippen molar-refractivity contribution in [2.24, 2.45) is 5.92 Å². The van der Waals surface area contributed by atoms with Gasteiger partial charge >= 0.3 is 0 Å². The quantitative estimate of drug-likeness (QED) is 0.720. The van der Waals surface area contributed by atoms with Crippen molar-refractivity contribution < 1.29 is 9.90 Å². The molecule has 152 valence electrons. The third kappa shape index (κ3) is 3.29. The van der Waals surface area contributed by atoms with Crippen LogP contribution in [0.1, 0.15) is 66.5 Å². The second-order valence-electron chi connectivity index (χ2n) is 8.32. The molecule has 1 N–H and O–H groups in total. The van der Waals surface area contributed by atoms with E-state index in [-0.39, 0.29) is 11.8 Å². The Bertz CT molecular complexity index is 1040. The molecule has 3 aromatic rings. The molecule has 2 aliphatic rings. The summed E-state index contributed by atoms with van der Waals surface area (Å²) in [5.41, 5.74) is 1.17. The van der Waals surface area contributed by atoms with Gasteiger partial charge in [-0.05, 0) is 30.9 Å². The molecule has 0 aromatic carbocycles. The Morgan fingerprint density at radius 2 is 2.00 bits per heavy atom. The lowest BCUT2D eigenvalue weighted by Crippen LogP contribution is -2.34. The van der Waals surface area contributed by atoms with E-state index in [1.807, 2.05) is 23.4 Å². The highest BCUT2D eigenvalue weighted by atomic mass is 16.3. The van der Waals surface area contributed by atoms with E-state index in [1.54, 1.807) is 22.7 Å². The summed E-state index contributed by atoms with van der Waals surface area (Å²) in [6.45, 7) is 5.71. The number of hydrogen-bond acceptors (Lipinski definition) is 6. The van der Waals surface area contributed by atoms with Crippen molar-refractivity contribution in [1.82, 2.24) is 34.3 Å². The van der Waals surface area contributed by atoms with Gasteiger partial charge in [-0.25, -0.2) is 9.67 Å². The average molecular weight is 395 g/mol. The summed E-state index contributed by atoms with van der Waals surface area (Å²) < 4.78 is 3.67. The van der Waals surface area contributed by atoms with Crippen LogP contribution in [0.4, 0.5) is 0 Å². The van der Waals surface area contributed by atoms with Crippen LogP contribution < -0.4 is 0 Å². The smallest absolute Gasteiger partial charge is 0.255 e. The summed E-state index contributed by atoms with van der Waals surface area (Å²) in [6.07, 6.45) is 4.07. The molecule has 1 aliphatic heterocycles. The predicted molar refractivity (Wildman–Crippen MR) is 104 cm³/mol. The number of aliphatic hydroxyl groups excluding tert-OH is 1. The van der Waals surface area contributed by atoms with Crippen LogP contribution in [0.2, 0.25) is 0 Å². The van der Waals surface area contributed by atoms with Crippen molar-refractivity contribution in [3.63, 3.8) is 0 Å². The third-order valence-electron chi connectivity index (χ3n) is 5.75. The fourth-order valence-corrected chi connectivity index (χ4v) is 3.75. The number of nitrogens with zero attached hydrogens (tertiary/aromatic N) is 7. The lowest BCUT2D eigenvalue weighted by Gasteiger charge is -2.20. The minimum Gasteiger partial charge on any atom is -0.385 e. The summed E-state index contributed by atoms with van der Waals surface area (Å²) in [5, 5.41) is 23.3. The predicted octanol–water partition coefficient (Wildman–Crippen LogP) is 1.59. The SMILES string of the molecule is CC(C)C(O)c1nnc2ccc(C(=O)N3CCc4nc(C5CC5)nn4CC3)cn12. The molecule has 1 atom stereocenters. The highest BCUT2D eigenvalue weighted by Gasteiger charge is 2.30. The van der Waals surface area contributed by atoms with Crippen LogP contribution in [0, 0.1) is 5.92 Å². The Hall–Kier alpha value is -2.81. The van der Waals surface area contributed by atoms with E-state index in [0.717, 1.165) is 11.6 Å². The number of carbonyl (C=O) groups is 1. The van der Waals surface area contributed by atoms with Crippen LogP contribution in [0.3, 0.4) is 0 Å². The van der Waals surface area contributed by atoms with E-state index < -0.39 is 6.10 Å². The first kappa shape index (κ1) is 18.2. The molecule has 1 fully saturated rings. The van der Waals surface area contributed by atoms with Gasteiger partial charge in [0.25, 0.3) is 5.91 Å². The second-order valence-corrected chi connectivity index (χ2v) is 8.32. The fourth-order valence-electron chi connectivity index (χ4n) is 3.75. The second kappa shape index (κ2) is 6.91. The number of aliphatic hydroxyl groups is 1. The minimum absolute atomic E-state index is 0.00249. The Morgan fingerprint density at radius 1 is 1.17 bits per heavy atom. The molecule has 0 bridgehead atoms. The van der Waals surface area contributed by atoms with Gasteiger partial charge in [0.05, 0.1) is 12.1 Å². The Balaban J connectivity index is 1.36. The van der Waals surface area contributed by atoms with Crippen molar-refractivity contribution in [1.29, 1.82) is 0 Å². The topological polar surface area (TPSA) is 101 Å². The molecule has 1 unspecified atom stereocenters. The van der Waals surface area contributed by atoms with Gasteiger partial charge in [0, 0.05) is 31.6 Å². The highest BCUT2D eigenvalue weighted by Crippen LogP contribution is 2.38. The first-order chi connectivity index (χ1) is 14.0. The van der Waals surface area contributed by atoms with E-state index in [1.165, 1.54) is 12.8 Å². The van der Waals surface area contributed by atoms with Gasteiger partial charge in [0.15, 0.2) is 17.3 Å². The summed E-state index contributed by atoms with van der Waals surface area (Å²) >= 11 is 0. The van der Waals surface area contributed by atoms with Crippen LogP contribution in [-0.2, 0) is 13.0 Å².